The molecule has 0 N–H and O–H groups in total. The molecule has 0 aliphatic carbocycles. The van der Waals surface area contributed by atoms with Crippen LogP contribution in [0, 0.1) is 0 Å². The van der Waals surface area contributed by atoms with Crippen LogP contribution in [0.1, 0.15) is 0 Å². The van der Waals surface area contributed by atoms with E-state index in [0.717, 1.165) is 93.2 Å². The highest BCUT2D eigenvalue weighted by molar-refractivity contribution is 6.16. The van der Waals surface area contributed by atoms with E-state index < -0.39 is 0 Å². The molecule has 6 heteroatoms. The van der Waals surface area contributed by atoms with E-state index in [4.69, 9.17) is 23.8 Å². The molecule has 6 nitrogen and oxygen atoms in total. The van der Waals surface area contributed by atoms with Gasteiger partial charge in [0.15, 0.2) is 17.5 Å². The van der Waals surface area contributed by atoms with Crippen LogP contribution in [-0.2, 0) is 0 Å². The molecule has 11 rings (SSSR count). The number of hydrogen-bond donors (Lipinski definition) is 0. The van der Waals surface area contributed by atoms with Crippen LogP contribution in [0.2, 0.25) is 0 Å². The van der Waals surface area contributed by atoms with Gasteiger partial charge in [-0.3, -0.25) is 4.98 Å². The second kappa shape index (κ2) is 11.2. The van der Waals surface area contributed by atoms with Crippen LogP contribution in [0.25, 0.3) is 111 Å². The molecule has 0 aliphatic rings. The molecular weight excluding hydrogens is 641 g/mol. The zero-order valence-corrected chi connectivity index (χ0v) is 27.6. The highest BCUT2D eigenvalue weighted by Crippen LogP contribution is 2.41. The van der Waals surface area contributed by atoms with Crippen molar-refractivity contribution in [1.29, 1.82) is 0 Å². The van der Waals surface area contributed by atoms with Gasteiger partial charge in [-0.05, 0) is 69.8 Å². The van der Waals surface area contributed by atoms with Gasteiger partial charge in [0.1, 0.15) is 22.3 Å². The van der Waals surface area contributed by atoms with Crippen LogP contribution in [0.5, 0.6) is 0 Å². The lowest BCUT2D eigenvalue weighted by atomic mass is 9.95. The standard InChI is InChI=1S/C46H26N4O2/c1-2-9-27(10-3-1)44-48-45(50-46(49-44)36-15-8-18-40-43(36)35-12-4-5-16-38(35)51-40)34-14-6-11-29-23-30(19-20-32(29)34)33-13-7-17-39-42(33)37-24-28-21-22-47-26-31(28)25-41(37)52-39/h1-26H. The van der Waals surface area contributed by atoms with Crippen molar-refractivity contribution < 1.29 is 8.83 Å². The Kier molecular flexibility index (Phi) is 6.15. The number of hydrogen-bond acceptors (Lipinski definition) is 6. The minimum Gasteiger partial charge on any atom is -0.456 e. The Morgan fingerprint density at radius 3 is 1.94 bits per heavy atom. The van der Waals surface area contributed by atoms with E-state index in [0.29, 0.717) is 17.5 Å². The van der Waals surface area contributed by atoms with E-state index >= 15 is 0 Å². The first kappa shape index (κ1) is 28.6. The van der Waals surface area contributed by atoms with Crippen molar-refractivity contribution in [3.8, 4) is 45.3 Å². The number of aromatic nitrogens is 4. The Morgan fingerprint density at radius 2 is 1.06 bits per heavy atom. The number of para-hydroxylation sites is 1. The van der Waals surface area contributed by atoms with Gasteiger partial charge in [-0.2, -0.15) is 0 Å². The van der Waals surface area contributed by atoms with Gasteiger partial charge in [-0.1, -0.05) is 103 Å². The largest absolute Gasteiger partial charge is 0.456 e. The molecule has 242 valence electrons. The fraction of sp³-hybridized carbons (Fsp3) is 0. The van der Waals surface area contributed by atoms with Crippen molar-refractivity contribution in [3.05, 3.63) is 158 Å². The van der Waals surface area contributed by atoms with Crippen molar-refractivity contribution in [2.45, 2.75) is 0 Å². The van der Waals surface area contributed by atoms with Gasteiger partial charge in [0, 0.05) is 56.0 Å². The van der Waals surface area contributed by atoms with Gasteiger partial charge >= 0.3 is 0 Å². The first-order valence-electron chi connectivity index (χ1n) is 17.2. The summed E-state index contributed by atoms with van der Waals surface area (Å²) >= 11 is 0. The summed E-state index contributed by atoms with van der Waals surface area (Å²) in [5, 5.41) is 8.53. The summed E-state index contributed by atoms with van der Waals surface area (Å²) in [4.78, 5) is 19.6. The maximum Gasteiger partial charge on any atom is 0.164 e. The molecule has 0 saturated heterocycles. The highest BCUT2D eigenvalue weighted by Gasteiger charge is 2.19. The number of nitrogens with zero attached hydrogens (tertiary/aromatic N) is 4. The summed E-state index contributed by atoms with van der Waals surface area (Å²) in [5.41, 5.74) is 8.31. The first-order valence-corrected chi connectivity index (χ1v) is 17.2. The van der Waals surface area contributed by atoms with Crippen molar-refractivity contribution in [2.75, 3.05) is 0 Å². The van der Waals surface area contributed by atoms with Crippen LogP contribution in [-0.4, -0.2) is 19.9 Å². The molecule has 0 saturated carbocycles. The molecule has 0 fully saturated rings. The number of benzene rings is 7. The van der Waals surface area contributed by atoms with E-state index in [-0.39, 0.29) is 0 Å². The Labute approximate surface area is 296 Å². The van der Waals surface area contributed by atoms with E-state index in [9.17, 15) is 0 Å². The van der Waals surface area contributed by atoms with Gasteiger partial charge in [0.2, 0.25) is 0 Å². The number of pyridine rings is 1. The average molecular weight is 667 g/mol. The minimum atomic E-state index is 0.594. The van der Waals surface area contributed by atoms with E-state index in [2.05, 4.69) is 77.8 Å². The predicted molar refractivity (Wildman–Crippen MR) is 209 cm³/mol. The van der Waals surface area contributed by atoms with Crippen LogP contribution < -0.4 is 0 Å². The summed E-state index contributed by atoms with van der Waals surface area (Å²) in [6.07, 6.45) is 3.71. The summed E-state index contributed by atoms with van der Waals surface area (Å²) < 4.78 is 12.6. The quantitative estimate of drug-likeness (QED) is 0.186. The summed E-state index contributed by atoms with van der Waals surface area (Å²) in [5.74, 6) is 1.81. The van der Waals surface area contributed by atoms with Crippen molar-refractivity contribution in [2.24, 2.45) is 0 Å². The Morgan fingerprint density at radius 1 is 0.365 bits per heavy atom. The number of fused-ring (bicyclic) bond motifs is 8. The van der Waals surface area contributed by atoms with Gasteiger partial charge in [0.25, 0.3) is 0 Å². The maximum absolute atomic E-state index is 6.37. The third kappa shape index (κ3) is 4.44. The lowest BCUT2D eigenvalue weighted by Gasteiger charge is -2.12. The molecular formula is C46H26N4O2. The monoisotopic (exact) mass is 666 g/mol. The fourth-order valence-corrected chi connectivity index (χ4v) is 7.59. The van der Waals surface area contributed by atoms with Crippen LogP contribution in [0.4, 0.5) is 0 Å². The summed E-state index contributed by atoms with van der Waals surface area (Å²) in [6, 6.07) is 49.7. The molecule has 0 radical (unpaired) electrons. The molecule has 0 spiro atoms. The second-order valence-corrected chi connectivity index (χ2v) is 13.0. The molecule has 0 atom stereocenters. The Hall–Kier alpha value is -7.18. The topological polar surface area (TPSA) is 77.8 Å². The third-order valence-electron chi connectivity index (χ3n) is 10.00. The zero-order valence-electron chi connectivity index (χ0n) is 27.6. The third-order valence-corrected chi connectivity index (χ3v) is 10.00. The minimum absolute atomic E-state index is 0.594. The van der Waals surface area contributed by atoms with Gasteiger partial charge in [-0.25, -0.2) is 15.0 Å². The smallest absolute Gasteiger partial charge is 0.164 e. The molecule has 0 unspecified atom stereocenters. The molecule has 11 aromatic rings. The van der Waals surface area contributed by atoms with E-state index in [1.165, 1.54) is 0 Å². The lowest BCUT2D eigenvalue weighted by molar-refractivity contribution is 0.669. The van der Waals surface area contributed by atoms with Crippen molar-refractivity contribution in [3.63, 3.8) is 0 Å². The van der Waals surface area contributed by atoms with Crippen LogP contribution in [0.3, 0.4) is 0 Å². The molecule has 0 amide bonds. The maximum atomic E-state index is 6.37. The lowest BCUT2D eigenvalue weighted by Crippen LogP contribution is -2.00. The SMILES string of the molecule is c1ccc(-c2nc(-c3cccc4cc(-c5cccc6oc7cc8cnccc8cc7c56)ccc34)nc(-c3cccc4oc5ccccc5c34)n2)cc1. The van der Waals surface area contributed by atoms with Gasteiger partial charge in [0.05, 0.1) is 0 Å². The average Bonchev–Trinajstić information content (AvgIpc) is 3.77. The molecule has 0 aliphatic heterocycles. The molecule has 4 heterocycles. The normalized spacial score (nSPS) is 11.8. The van der Waals surface area contributed by atoms with Gasteiger partial charge < -0.3 is 8.83 Å². The molecule has 0 bridgehead atoms. The van der Waals surface area contributed by atoms with E-state index in [1.54, 1.807) is 0 Å². The fourth-order valence-electron chi connectivity index (χ4n) is 7.59. The van der Waals surface area contributed by atoms with Gasteiger partial charge in [-0.15, -0.1) is 0 Å². The Bertz CT molecular complexity index is 3200. The zero-order chi connectivity index (χ0) is 34.2. The first-order chi connectivity index (χ1) is 25.7. The van der Waals surface area contributed by atoms with Crippen LogP contribution in [0.15, 0.2) is 167 Å². The van der Waals surface area contributed by atoms with E-state index in [1.807, 2.05) is 85.2 Å². The predicted octanol–water partition coefficient (Wildman–Crippen LogP) is 12.0. The summed E-state index contributed by atoms with van der Waals surface area (Å²) in [7, 11) is 0. The Balaban J connectivity index is 1.10. The second-order valence-electron chi connectivity index (χ2n) is 13.0. The molecule has 4 aromatic heterocycles. The molecule has 7 aromatic carbocycles. The van der Waals surface area contributed by atoms with Crippen molar-refractivity contribution in [1.82, 2.24) is 19.9 Å². The highest BCUT2D eigenvalue weighted by atomic mass is 16.3. The number of rotatable bonds is 4. The summed E-state index contributed by atoms with van der Waals surface area (Å²) in [6.45, 7) is 0. The van der Waals surface area contributed by atoms with Crippen LogP contribution >= 0.6 is 0 Å². The molecule has 52 heavy (non-hydrogen) atoms. The number of furan rings is 2. The van der Waals surface area contributed by atoms with Crippen molar-refractivity contribution >= 4 is 65.4 Å².